The molecule has 20 heavy (non-hydrogen) atoms. The van der Waals surface area contributed by atoms with Crippen molar-refractivity contribution >= 4 is 23.2 Å². The predicted octanol–water partition coefficient (Wildman–Crippen LogP) is 2.69. The molecular weight excluding hydrogens is 278 g/mol. The van der Waals surface area contributed by atoms with Gasteiger partial charge in [-0.05, 0) is 18.9 Å². The van der Waals surface area contributed by atoms with Crippen molar-refractivity contribution in [2.45, 2.75) is 39.5 Å². The second kappa shape index (κ2) is 8.58. The Labute approximate surface area is 123 Å². The number of carboxylic acids is 1. The van der Waals surface area contributed by atoms with Crippen molar-refractivity contribution in [2.75, 3.05) is 13.2 Å². The van der Waals surface area contributed by atoms with Crippen LogP contribution in [0.2, 0.25) is 0 Å². The highest BCUT2D eigenvalue weighted by atomic mass is 32.1. The van der Waals surface area contributed by atoms with Gasteiger partial charge in [-0.2, -0.15) is 0 Å². The summed E-state index contributed by atoms with van der Waals surface area (Å²) >= 11 is 1.21. The summed E-state index contributed by atoms with van der Waals surface area (Å²) < 4.78 is 5.34. The molecule has 0 bridgehead atoms. The van der Waals surface area contributed by atoms with Gasteiger partial charge in [0, 0.05) is 11.4 Å². The molecule has 1 amide bonds. The Morgan fingerprint density at radius 2 is 2.10 bits per heavy atom. The number of ether oxygens (including phenoxy) is 1. The molecule has 1 aromatic heterocycles. The normalized spacial score (nSPS) is 10.3. The van der Waals surface area contributed by atoms with Gasteiger partial charge in [0.25, 0.3) is 5.91 Å². The van der Waals surface area contributed by atoms with E-state index in [1.54, 1.807) is 6.07 Å². The summed E-state index contributed by atoms with van der Waals surface area (Å²) in [7, 11) is 0. The average Bonchev–Trinajstić information content (AvgIpc) is 2.80. The first-order valence-electron chi connectivity index (χ1n) is 6.84. The van der Waals surface area contributed by atoms with Gasteiger partial charge >= 0.3 is 5.97 Å². The van der Waals surface area contributed by atoms with Gasteiger partial charge < -0.3 is 15.2 Å². The highest BCUT2D eigenvalue weighted by molar-refractivity contribution is 7.14. The minimum absolute atomic E-state index is 0.147. The maximum absolute atomic E-state index is 11.5. The lowest BCUT2D eigenvalue weighted by Gasteiger charge is -2.06. The van der Waals surface area contributed by atoms with Crippen LogP contribution in [0.4, 0.5) is 0 Å². The molecule has 1 aromatic rings. The summed E-state index contributed by atoms with van der Waals surface area (Å²) in [5.74, 6) is -0.951. The van der Waals surface area contributed by atoms with Gasteiger partial charge in [-0.1, -0.05) is 26.7 Å². The van der Waals surface area contributed by atoms with E-state index >= 15 is 0 Å². The quantitative estimate of drug-likeness (QED) is 0.687. The van der Waals surface area contributed by atoms with Gasteiger partial charge in [0.2, 0.25) is 0 Å². The number of aromatic carboxylic acids is 1. The van der Waals surface area contributed by atoms with Crippen molar-refractivity contribution in [3.63, 3.8) is 0 Å². The number of carbonyl (C=O) groups is 2. The smallest absolute Gasteiger partial charge is 0.349 e. The van der Waals surface area contributed by atoms with Crippen LogP contribution in [0.1, 0.15) is 47.7 Å². The molecule has 0 aromatic carbocycles. The number of carbonyl (C=O) groups excluding carboxylic acids is 1. The first-order chi connectivity index (χ1) is 9.58. The van der Waals surface area contributed by atoms with E-state index in [0.29, 0.717) is 6.54 Å². The predicted molar refractivity (Wildman–Crippen MR) is 78.7 cm³/mol. The molecule has 0 atom stereocenters. The van der Waals surface area contributed by atoms with Crippen molar-refractivity contribution < 1.29 is 19.4 Å². The molecule has 0 saturated heterocycles. The maximum Gasteiger partial charge on any atom is 0.349 e. The topological polar surface area (TPSA) is 75.6 Å². The Bertz CT molecular complexity index is 456. The minimum atomic E-state index is -1.02. The molecule has 6 heteroatoms. The summed E-state index contributed by atoms with van der Waals surface area (Å²) in [4.78, 5) is 23.8. The van der Waals surface area contributed by atoms with Crippen LogP contribution < -0.4 is 10.1 Å². The fourth-order valence-corrected chi connectivity index (χ4v) is 2.69. The minimum Gasteiger partial charge on any atom is -0.482 e. The Balaban J connectivity index is 2.57. The number of nitrogens with one attached hydrogen (secondary N) is 1. The molecule has 0 saturated carbocycles. The summed E-state index contributed by atoms with van der Waals surface area (Å²) in [5.41, 5.74) is 0. The average molecular weight is 299 g/mol. The number of amides is 1. The van der Waals surface area contributed by atoms with E-state index in [9.17, 15) is 9.59 Å². The van der Waals surface area contributed by atoms with E-state index in [-0.39, 0.29) is 23.1 Å². The lowest BCUT2D eigenvalue weighted by atomic mass is 10.3. The number of hydrogen-bond donors (Lipinski definition) is 2. The lowest BCUT2D eigenvalue weighted by molar-refractivity contribution is -0.123. The molecule has 1 heterocycles. The fourth-order valence-electron chi connectivity index (χ4n) is 1.65. The van der Waals surface area contributed by atoms with Crippen molar-refractivity contribution in [1.82, 2.24) is 5.32 Å². The van der Waals surface area contributed by atoms with E-state index in [4.69, 9.17) is 9.84 Å². The number of hydrogen-bond acceptors (Lipinski definition) is 4. The van der Waals surface area contributed by atoms with Crippen LogP contribution in [0.25, 0.3) is 0 Å². The first kappa shape index (κ1) is 16.5. The van der Waals surface area contributed by atoms with E-state index in [2.05, 4.69) is 5.32 Å². The molecule has 2 N–H and O–H groups in total. The van der Waals surface area contributed by atoms with Crippen LogP contribution in [-0.4, -0.2) is 30.1 Å². The van der Waals surface area contributed by atoms with Gasteiger partial charge in [0.15, 0.2) is 11.5 Å². The van der Waals surface area contributed by atoms with Crippen molar-refractivity contribution in [2.24, 2.45) is 0 Å². The Kier molecular flexibility index (Phi) is 7.08. The second-order valence-corrected chi connectivity index (χ2v) is 5.59. The van der Waals surface area contributed by atoms with Crippen LogP contribution >= 0.6 is 11.3 Å². The molecule has 0 spiro atoms. The second-order valence-electron chi connectivity index (χ2n) is 4.45. The zero-order valence-corrected chi connectivity index (χ0v) is 12.7. The van der Waals surface area contributed by atoms with Crippen molar-refractivity contribution in [3.8, 4) is 5.75 Å². The van der Waals surface area contributed by atoms with E-state index < -0.39 is 5.97 Å². The third-order valence-corrected chi connectivity index (χ3v) is 3.82. The zero-order valence-electron chi connectivity index (χ0n) is 11.9. The number of aryl methyl sites for hydroxylation is 1. The third kappa shape index (κ3) is 5.21. The van der Waals surface area contributed by atoms with Crippen LogP contribution in [0, 0.1) is 0 Å². The van der Waals surface area contributed by atoms with Crippen LogP contribution in [0.5, 0.6) is 5.75 Å². The molecule has 0 aliphatic carbocycles. The fraction of sp³-hybridized carbons (Fsp3) is 0.571. The van der Waals surface area contributed by atoms with Gasteiger partial charge in [0.1, 0.15) is 5.75 Å². The molecular formula is C14H21NO4S. The summed E-state index contributed by atoms with van der Waals surface area (Å²) in [6.45, 7) is 4.55. The zero-order chi connectivity index (χ0) is 15.0. The number of thiophene rings is 1. The lowest BCUT2D eigenvalue weighted by Crippen LogP contribution is -2.29. The summed E-state index contributed by atoms with van der Waals surface area (Å²) in [5, 5.41) is 11.8. The summed E-state index contributed by atoms with van der Waals surface area (Å²) in [6.07, 6.45) is 3.69. The van der Waals surface area contributed by atoms with Gasteiger partial charge in [-0.25, -0.2) is 4.79 Å². The first-order valence-corrected chi connectivity index (χ1v) is 7.65. The monoisotopic (exact) mass is 299 g/mol. The molecule has 0 unspecified atom stereocenters. The van der Waals surface area contributed by atoms with Crippen LogP contribution in [0.15, 0.2) is 6.07 Å². The molecule has 0 fully saturated rings. The largest absolute Gasteiger partial charge is 0.482 e. The summed E-state index contributed by atoms with van der Waals surface area (Å²) in [6, 6.07) is 1.72. The standard InChI is InChI=1S/C14H21NO4S/c1-3-5-7-15-12(16)9-19-11-8-10(6-4-2)20-13(11)14(17)18/h8H,3-7,9H2,1-2H3,(H,15,16)(H,17,18). The highest BCUT2D eigenvalue weighted by Gasteiger charge is 2.17. The molecule has 0 radical (unpaired) electrons. The molecule has 112 valence electrons. The Morgan fingerprint density at radius 1 is 1.35 bits per heavy atom. The van der Waals surface area contributed by atoms with Gasteiger partial charge in [-0.15, -0.1) is 11.3 Å². The van der Waals surface area contributed by atoms with E-state index in [1.165, 1.54) is 11.3 Å². The van der Waals surface area contributed by atoms with E-state index in [0.717, 1.165) is 30.6 Å². The number of unbranched alkanes of at least 4 members (excludes halogenated alkanes) is 1. The van der Waals surface area contributed by atoms with Crippen LogP contribution in [0.3, 0.4) is 0 Å². The van der Waals surface area contributed by atoms with Crippen molar-refractivity contribution in [3.05, 3.63) is 15.8 Å². The van der Waals surface area contributed by atoms with E-state index in [1.807, 2.05) is 13.8 Å². The number of rotatable bonds is 9. The third-order valence-electron chi connectivity index (χ3n) is 2.65. The molecule has 0 aliphatic rings. The van der Waals surface area contributed by atoms with Gasteiger partial charge in [0.05, 0.1) is 0 Å². The molecule has 5 nitrogen and oxygen atoms in total. The highest BCUT2D eigenvalue weighted by Crippen LogP contribution is 2.30. The SMILES string of the molecule is CCCCNC(=O)COc1cc(CCC)sc1C(=O)O. The molecule has 1 rings (SSSR count). The Morgan fingerprint density at radius 3 is 2.70 bits per heavy atom. The number of carboxylic acid groups (broad SMARTS) is 1. The maximum atomic E-state index is 11.5. The Hall–Kier alpha value is -1.56. The van der Waals surface area contributed by atoms with Gasteiger partial charge in [-0.3, -0.25) is 4.79 Å². The molecule has 0 aliphatic heterocycles. The van der Waals surface area contributed by atoms with Crippen molar-refractivity contribution in [1.29, 1.82) is 0 Å². The van der Waals surface area contributed by atoms with Crippen LogP contribution in [-0.2, 0) is 11.2 Å².